The smallest absolute Gasteiger partial charge is 0.168 e. The number of rotatable bonds is 2. The highest BCUT2D eigenvalue weighted by Gasteiger charge is 2.25. The van der Waals surface area contributed by atoms with Gasteiger partial charge in [-0.1, -0.05) is 33.8 Å². The highest BCUT2D eigenvalue weighted by molar-refractivity contribution is 5.49. The molecule has 0 spiro atoms. The van der Waals surface area contributed by atoms with Crippen LogP contribution in [0.2, 0.25) is 0 Å². The van der Waals surface area contributed by atoms with Gasteiger partial charge in [0, 0.05) is 12.0 Å². The van der Waals surface area contributed by atoms with Crippen LogP contribution in [0.4, 0.5) is 4.39 Å². The minimum absolute atomic E-state index is 0.146. The fraction of sp³-hybridized carbons (Fsp3) is 0.571. The molecular formula is C14H19FO. The average molecular weight is 222 g/mol. The highest BCUT2D eigenvalue weighted by atomic mass is 19.1. The molecule has 1 aliphatic rings. The van der Waals surface area contributed by atoms with Gasteiger partial charge in [0.1, 0.15) is 0 Å². The molecule has 0 aliphatic carbocycles. The van der Waals surface area contributed by atoms with Crippen molar-refractivity contribution in [2.45, 2.75) is 46.0 Å². The Morgan fingerprint density at radius 3 is 2.31 bits per heavy atom. The predicted molar refractivity (Wildman–Crippen MR) is 63.8 cm³/mol. The molecule has 16 heavy (non-hydrogen) atoms. The first-order valence-electron chi connectivity index (χ1n) is 6.00. The number of hydrogen-bond donors (Lipinski definition) is 0. The zero-order valence-electron chi connectivity index (χ0n) is 10.4. The molecule has 2 rings (SSSR count). The summed E-state index contributed by atoms with van der Waals surface area (Å²) in [5, 5.41) is 0. The Kier molecular flexibility index (Phi) is 2.92. The first-order valence-corrected chi connectivity index (χ1v) is 6.00. The Morgan fingerprint density at radius 1 is 1.12 bits per heavy atom. The molecule has 0 bridgehead atoms. The quantitative estimate of drug-likeness (QED) is 0.734. The van der Waals surface area contributed by atoms with Crippen LogP contribution in [0.15, 0.2) is 6.07 Å². The van der Waals surface area contributed by atoms with Gasteiger partial charge in [-0.3, -0.25) is 0 Å². The minimum Gasteiger partial charge on any atom is -0.490 e. The van der Waals surface area contributed by atoms with Gasteiger partial charge in [-0.2, -0.15) is 0 Å². The van der Waals surface area contributed by atoms with E-state index in [1.807, 2.05) is 19.9 Å². The Bertz CT molecular complexity index is 408. The van der Waals surface area contributed by atoms with E-state index in [4.69, 9.17) is 4.74 Å². The molecule has 0 unspecified atom stereocenters. The Labute approximate surface area is 96.6 Å². The van der Waals surface area contributed by atoms with E-state index >= 15 is 0 Å². The number of halogens is 1. The zero-order valence-corrected chi connectivity index (χ0v) is 10.4. The summed E-state index contributed by atoms with van der Waals surface area (Å²) < 4.78 is 19.6. The molecule has 1 aliphatic heterocycles. The maximum absolute atomic E-state index is 14.1. The van der Waals surface area contributed by atoms with Gasteiger partial charge in [0.25, 0.3) is 0 Å². The lowest BCUT2D eigenvalue weighted by Gasteiger charge is -2.16. The minimum atomic E-state index is -0.146. The van der Waals surface area contributed by atoms with Gasteiger partial charge >= 0.3 is 0 Å². The molecular weight excluding hydrogens is 203 g/mol. The first-order chi connectivity index (χ1) is 7.52. The van der Waals surface area contributed by atoms with E-state index in [2.05, 4.69) is 13.8 Å². The molecule has 88 valence electrons. The summed E-state index contributed by atoms with van der Waals surface area (Å²) in [7, 11) is 0. The number of ether oxygens (including phenoxy) is 1. The molecule has 1 aromatic carbocycles. The zero-order chi connectivity index (χ0) is 11.9. The topological polar surface area (TPSA) is 9.23 Å². The molecule has 0 atom stereocenters. The number of benzene rings is 1. The summed E-state index contributed by atoms with van der Waals surface area (Å²) >= 11 is 0. The third-order valence-electron chi connectivity index (χ3n) is 3.23. The molecule has 0 saturated heterocycles. The molecule has 1 nitrogen and oxygen atoms in total. The fourth-order valence-electron chi connectivity index (χ4n) is 2.31. The molecule has 1 aromatic rings. The van der Waals surface area contributed by atoms with E-state index in [9.17, 15) is 4.39 Å². The van der Waals surface area contributed by atoms with Crippen LogP contribution in [0.25, 0.3) is 0 Å². The lowest BCUT2D eigenvalue weighted by molar-refractivity contribution is 0.337. The summed E-state index contributed by atoms with van der Waals surface area (Å²) in [6, 6.07) is 2.03. The van der Waals surface area contributed by atoms with Crippen molar-refractivity contribution in [1.82, 2.24) is 0 Å². The van der Waals surface area contributed by atoms with Crippen LogP contribution >= 0.6 is 0 Å². The lowest BCUT2D eigenvalue weighted by Crippen LogP contribution is -2.02. The summed E-state index contributed by atoms with van der Waals surface area (Å²) in [6.45, 7) is 8.95. The van der Waals surface area contributed by atoms with E-state index < -0.39 is 0 Å². The van der Waals surface area contributed by atoms with Gasteiger partial charge in [-0.15, -0.1) is 0 Å². The Morgan fingerprint density at radius 2 is 1.75 bits per heavy atom. The van der Waals surface area contributed by atoms with Crippen LogP contribution in [-0.2, 0) is 6.42 Å². The van der Waals surface area contributed by atoms with Gasteiger partial charge in [0.05, 0.1) is 6.61 Å². The Hall–Kier alpha value is -1.05. The second kappa shape index (κ2) is 4.08. The molecule has 0 aromatic heterocycles. The maximum atomic E-state index is 14.1. The van der Waals surface area contributed by atoms with E-state index in [1.165, 1.54) is 5.56 Å². The molecule has 0 N–H and O–H groups in total. The second-order valence-electron chi connectivity index (χ2n) is 5.08. The van der Waals surface area contributed by atoms with Crippen LogP contribution in [-0.4, -0.2) is 6.61 Å². The number of fused-ring (bicyclic) bond motifs is 1. The van der Waals surface area contributed by atoms with E-state index in [0.717, 1.165) is 17.5 Å². The molecule has 2 heteroatoms. The van der Waals surface area contributed by atoms with E-state index in [-0.39, 0.29) is 11.7 Å². The number of hydrogen-bond acceptors (Lipinski definition) is 1. The van der Waals surface area contributed by atoms with Crippen LogP contribution in [0.5, 0.6) is 5.75 Å². The normalized spacial score (nSPS) is 14.4. The van der Waals surface area contributed by atoms with Crippen molar-refractivity contribution in [2.24, 2.45) is 0 Å². The van der Waals surface area contributed by atoms with Crippen LogP contribution in [0.3, 0.4) is 0 Å². The fourth-order valence-corrected chi connectivity index (χ4v) is 2.31. The molecule has 0 amide bonds. The summed E-state index contributed by atoms with van der Waals surface area (Å²) in [5.74, 6) is 0.988. The van der Waals surface area contributed by atoms with Gasteiger partial charge in [0.2, 0.25) is 0 Å². The van der Waals surface area contributed by atoms with Crippen molar-refractivity contribution in [2.75, 3.05) is 6.61 Å². The van der Waals surface area contributed by atoms with Gasteiger partial charge < -0.3 is 4.74 Å². The standard InChI is InChI=1S/C14H19FO/c1-8(2)11-7-12(9(3)4)13(15)14-10(11)5-6-16-14/h7-9H,5-6H2,1-4H3. The van der Waals surface area contributed by atoms with Gasteiger partial charge in [-0.05, 0) is 23.0 Å². The van der Waals surface area contributed by atoms with Crippen LogP contribution in [0, 0.1) is 5.82 Å². The monoisotopic (exact) mass is 222 g/mol. The van der Waals surface area contributed by atoms with Gasteiger partial charge in [0.15, 0.2) is 11.6 Å². The molecule has 0 radical (unpaired) electrons. The van der Waals surface area contributed by atoms with E-state index in [1.54, 1.807) is 0 Å². The van der Waals surface area contributed by atoms with Crippen molar-refractivity contribution < 1.29 is 9.13 Å². The summed E-state index contributed by atoms with van der Waals surface area (Å²) in [6.07, 6.45) is 0.845. The van der Waals surface area contributed by atoms with Crippen molar-refractivity contribution in [1.29, 1.82) is 0 Å². The largest absolute Gasteiger partial charge is 0.490 e. The predicted octanol–water partition coefficient (Wildman–Crippen LogP) is 4.01. The maximum Gasteiger partial charge on any atom is 0.168 e. The van der Waals surface area contributed by atoms with Crippen molar-refractivity contribution >= 4 is 0 Å². The van der Waals surface area contributed by atoms with E-state index in [0.29, 0.717) is 18.3 Å². The SMILES string of the molecule is CC(C)c1cc(C(C)C)c2c(c1F)OCC2. The third-order valence-corrected chi connectivity index (χ3v) is 3.23. The molecule has 0 saturated carbocycles. The first kappa shape index (κ1) is 11.4. The van der Waals surface area contributed by atoms with Gasteiger partial charge in [-0.25, -0.2) is 4.39 Å². The average Bonchev–Trinajstić information content (AvgIpc) is 2.66. The summed E-state index contributed by atoms with van der Waals surface area (Å²) in [4.78, 5) is 0. The van der Waals surface area contributed by atoms with Crippen LogP contribution in [0.1, 0.15) is 56.2 Å². The van der Waals surface area contributed by atoms with Crippen LogP contribution < -0.4 is 4.74 Å². The lowest BCUT2D eigenvalue weighted by atomic mass is 9.90. The van der Waals surface area contributed by atoms with Crippen molar-refractivity contribution in [3.63, 3.8) is 0 Å². The summed E-state index contributed by atoms with van der Waals surface area (Å²) in [5.41, 5.74) is 3.11. The molecule has 0 fully saturated rings. The second-order valence-corrected chi connectivity index (χ2v) is 5.08. The highest BCUT2D eigenvalue weighted by Crippen LogP contribution is 2.38. The molecule has 1 heterocycles. The Balaban J connectivity index is 2.64. The third kappa shape index (κ3) is 1.70. The van der Waals surface area contributed by atoms with Crippen molar-refractivity contribution in [3.05, 3.63) is 28.6 Å². The van der Waals surface area contributed by atoms with Crippen molar-refractivity contribution in [3.8, 4) is 5.75 Å².